The quantitative estimate of drug-likeness (QED) is 0.618. The molecule has 0 amide bonds. The van der Waals surface area contributed by atoms with Crippen molar-refractivity contribution in [3.63, 3.8) is 0 Å². The molecule has 1 aromatic heterocycles. The van der Waals surface area contributed by atoms with Crippen molar-refractivity contribution >= 4 is 22.5 Å². The van der Waals surface area contributed by atoms with Gasteiger partial charge in [-0.1, -0.05) is 24.3 Å². The van der Waals surface area contributed by atoms with E-state index in [0.29, 0.717) is 0 Å². The van der Waals surface area contributed by atoms with E-state index in [9.17, 15) is 0 Å². The van der Waals surface area contributed by atoms with Crippen LogP contribution in [0.2, 0.25) is 0 Å². The van der Waals surface area contributed by atoms with Crippen LogP contribution in [0.4, 0.5) is 0 Å². The van der Waals surface area contributed by atoms with Crippen LogP contribution in [0.3, 0.4) is 0 Å². The van der Waals surface area contributed by atoms with Crippen LogP contribution in [-0.4, -0.2) is 11.2 Å². The Morgan fingerprint density at radius 1 is 1.17 bits per heavy atom. The number of hydrogen-bond acceptors (Lipinski definition) is 2. The standard InChI is InChI=1S/C10H9NS/c1-12-10-7-11-6-8-4-2-3-5-9(8)10/h2-7H,1H3. The lowest BCUT2D eigenvalue weighted by atomic mass is 10.2. The Hall–Kier alpha value is -1.02. The molecule has 1 aromatic carbocycles. The van der Waals surface area contributed by atoms with Gasteiger partial charge in [0.2, 0.25) is 0 Å². The Bertz CT molecular complexity index is 392. The lowest BCUT2D eigenvalue weighted by Gasteiger charge is -2.00. The van der Waals surface area contributed by atoms with Gasteiger partial charge < -0.3 is 0 Å². The first-order valence-electron chi connectivity index (χ1n) is 3.78. The summed E-state index contributed by atoms with van der Waals surface area (Å²) in [6.45, 7) is 0. The van der Waals surface area contributed by atoms with E-state index in [-0.39, 0.29) is 0 Å². The largest absolute Gasteiger partial charge is 0.263 e. The van der Waals surface area contributed by atoms with Crippen LogP contribution >= 0.6 is 11.8 Å². The molecule has 0 aliphatic heterocycles. The maximum Gasteiger partial charge on any atom is 0.0410 e. The van der Waals surface area contributed by atoms with Crippen molar-refractivity contribution in [1.82, 2.24) is 4.98 Å². The van der Waals surface area contributed by atoms with E-state index in [1.807, 2.05) is 18.5 Å². The molecule has 2 rings (SSSR count). The lowest BCUT2D eigenvalue weighted by molar-refractivity contribution is 1.29. The van der Waals surface area contributed by atoms with Gasteiger partial charge in [-0.15, -0.1) is 11.8 Å². The summed E-state index contributed by atoms with van der Waals surface area (Å²) < 4.78 is 0. The van der Waals surface area contributed by atoms with Crippen molar-refractivity contribution in [3.8, 4) is 0 Å². The summed E-state index contributed by atoms with van der Waals surface area (Å²) in [6, 6.07) is 8.31. The number of hydrogen-bond donors (Lipinski definition) is 0. The third kappa shape index (κ3) is 1.18. The molecule has 12 heavy (non-hydrogen) atoms. The average molecular weight is 175 g/mol. The van der Waals surface area contributed by atoms with E-state index < -0.39 is 0 Å². The van der Waals surface area contributed by atoms with Gasteiger partial charge in [-0.05, 0) is 11.6 Å². The SMILES string of the molecule is CSc1cncc2ccccc12. The van der Waals surface area contributed by atoms with Gasteiger partial charge in [0, 0.05) is 22.7 Å². The van der Waals surface area contributed by atoms with Crippen LogP contribution in [0.25, 0.3) is 10.8 Å². The van der Waals surface area contributed by atoms with Gasteiger partial charge >= 0.3 is 0 Å². The number of nitrogens with zero attached hydrogens (tertiary/aromatic N) is 1. The molecule has 0 radical (unpaired) electrons. The van der Waals surface area contributed by atoms with Gasteiger partial charge in [-0.2, -0.15) is 0 Å². The zero-order valence-corrected chi connectivity index (χ0v) is 7.64. The summed E-state index contributed by atoms with van der Waals surface area (Å²) in [4.78, 5) is 5.41. The molecule has 0 unspecified atom stereocenters. The predicted molar refractivity (Wildman–Crippen MR) is 53.5 cm³/mol. The van der Waals surface area contributed by atoms with E-state index in [1.165, 1.54) is 15.7 Å². The van der Waals surface area contributed by atoms with Crippen LogP contribution in [-0.2, 0) is 0 Å². The number of rotatable bonds is 1. The molecule has 0 bridgehead atoms. The number of thioether (sulfide) groups is 1. The fraction of sp³-hybridized carbons (Fsp3) is 0.100. The highest BCUT2D eigenvalue weighted by Gasteiger charge is 1.97. The predicted octanol–water partition coefficient (Wildman–Crippen LogP) is 2.96. The van der Waals surface area contributed by atoms with Crippen molar-refractivity contribution in [2.45, 2.75) is 4.90 Å². The Morgan fingerprint density at radius 2 is 2.00 bits per heavy atom. The second kappa shape index (κ2) is 3.15. The van der Waals surface area contributed by atoms with Crippen molar-refractivity contribution < 1.29 is 0 Å². The minimum atomic E-state index is 1.21. The topological polar surface area (TPSA) is 12.9 Å². The van der Waals surface area contributed by atoms with Crippen LogP contribution in [0.1, 0.15) is 0 Å². The maximum atomic E-state index is 4.16. The molecule has 1 heterocycles. The zero-order valence-electron chi connectivity index (χ0n) is 6.82. The Balaban J connectivity index is 2.79. The molecular formula is C10H9NS. The van der Waals surface area contributed by atoms with Crippen molar-refractivity contribution in [1.29, 1.82) is 0 Å². The second-order valence-corrected chi connectivity index (χ2v) is 3.41. The maximum absolute atomic E-state index is 4.16. The Labute approximate surface area is 75.8 Å². The lowest BCUT2D eigenvalue weighted by Crippen LogP contribution is -1.78. The fourth-order valence-corrected chi connectivity index (χ4v) is 1.82. The third-order valence-corrected chi connectivity index (χ3v) is 2.62. The van der Waals surface area contributed by atoms with Gasteiger partial charge in [0.1, 0.15) is 0 Å². The summed E-state index contributed by atoms with van der Waals surface area (Å²) in [5.74, 6) is 0. The van der Waals surface area contributed by atoms with Gasteiger partial charge in [0.15, 0.2) is 0 Å². The first-order valence-corrected chi connectivity index (χ1v) is 5.01. The van der Waals surface area contributed by atoms with Gasteiger partial charge in [0.25, 0.3) is 0 Å². The summed E-state index contributed by atoms with van der Waals surface area (Å²) in [5.41, 5.74) is 0. The Morgan fingerprint density at radius 3 is 2.83 bits per heavy atom. The van der Waals surface area contributed by atoms with Crippen molar-refractivity contribution in [3.05, 3.63) is 36.7 Å². The molecule has 2 heteroatoms. The Kier molecular flexibility index (Phi) is 2.00. The summed E-state index contributed by atoms with van der Waals surface area (Å²) >= 11 is 1.74. The average Bonchev–Trinajstić information content (AvgIpc) is 2.17. The molecule has 0 spiro atoms. The van der Waals surface area contributed by atoms with Crippen LogP contribution in [0.15, 0.2) is 41.6 Å². The highest BCUT2D eigenvalue weighted by atomic mass is 32.2. The van der Waals surface area contributed by atoms with Crippen LogP contribution in [0.5, 0.6) is 0 Å². The molecule has 0 saturated heterocycles. The van der Waals surface area contributed by atoms with Crippen LogP contribution in [0, 0.1) is 0 Å². The molecule has 0 aliphatic rings. The molecule has 0 N–H and O–H groups in total. The zero-order chi connectivity index (χ0) is 8.39. The number of benzene rings is 1. The summed E-state index contributed by atoms with van der Waals surface area (Å²) in [5, 5.41) is 2.50. The smallest absolute Gasteiger partial charge is 0.0410 e. The van der Waals surface area contributed by atoms with Gasteiger partial charge in [-0.3, -0.25) is 4.98 Å². The van der Waals surface area contributed by atoms with Gasteiger partial charge in [-0.25, -0.2) is 0 Å². The number of fused-ring (bicyclic) bond motifs is 1. The van der Waals surface area contributed by atoms with Crippen molar-refractivity contribution in [2.24, 2.45) is 0 Å². The molecule has 60 valence electrons. The van der Waals surface area contributed by atoms with E-state index in [1.54, 1.807) is 11.8 Å². The molecule has 2 aromatic rings. The normalized spacial score (nSPS) is 10.4. The van der Waals surface area contributed by atoms with E-state index in [0.717, 1.165) is 0 Å². The molecule has 0 saturated carbocycles. The van der Waals surface area contributed by atoms with E-state index in [4.69, 9.17) is 0 Å². The molecule has 0 aliphatic carbocycles. The minimum Gasteiger partial charge on any atom is -0.263 e. The molecule has 0 atom stereocenters. The first kappa shape index (κ1) is 7.62. The molecule has 0 fully saturated rings. The number of pyridine rings is 1. The third-order valence-electron chi connectivity index (χ3n) is 1.85. The highest BCUT2D eigenvalue weighted by molar-refractivity contribution is 7.98. The van der Waals surface area contributed by atoms with E-state index in [2.05, 4.69) is 29.4 Å². The molecule has 1 nitrogen and oxygen atoms in total. The minimum absolute atomic E-state index is 1.21. The fourth-order valence-electron chi connectivity index (χ4n) is 1.25. The monoisotopic (exact) mass is 175 g/mol. The second-order valence-electron chi connectivity index (χ2n) is 2.56. The first-order chi connectivity index (χ1) is 5.92. The summed E-state index contributed by atoms with van der Waals surface area (Å²) in [6.07, 6.45) is 5.88. The van der Waals surface area contributed by atoms with Gasteiger partial charge in [0.05, 0.1) is 0 Å². The highest BCUT2D eigenvalue weighted by Crippen LogP contribution is 2.24. The number of aromatic nitrogens is 1. The van der Waals surface area contributed by atoms with E-state index >= 15 is 0 Å². The van der Waals surface area contributed by atoms with Crippen LogP contribution < -0.4 is 0 Å². The summed E-state index contributed by atoms with van der Waals surface area (Å²) in [7, 11) is 0. The van der Waals surface area contributed by atoms with Crippen molar-refractivity contribution in [2.75, 3.05) is 6.26 Å². The molecular weight excluding hydrogens is 166 g/mol.